The minimum absolute atomic E-state index is 0.0643. The van der Waals surface area contributed by atoms with E-state index in [1.807, 2.05) is 0 Å². The molecule has 1 aromatic heterocycles. The molecule has 2 rings (SSSR count). The smallest absolute Gasteiger partial charge is 0.277 e. The second-order valence-electron chi connectivity index (χ2n) is 4.90. The van der Waals surface area contributed by atoms with Crippen LogP contribution in [0.3, 0.4) is 0 Å². The molecule has 3 atom stereocenters. The first-order chi connectivity index (χ1) is 9.92. The molecule has 1 aliphatic heterocycles. The lowest BCUT2D eigenvalue weighted by Crippen LogP contribution is -2.48. The Morgan fingerprint density at radius 2 is 2.24 bits per heavy atom. The molecule has 9 nitrogen and oxygen atoms in total. The maximum atomic E-state index is 12.0. The van der Waals surface area contributed by atoms with Crippen LogP contribution in [0.5, 0.6) is 0 Å². The lowest BCUT2D eigenvalue weighted by atomic mass is 10.0. The van der Waals surface area contributed by atoms with Gasteiger partial charge in [0.1, 0.15) is 11.8 Å². The fourth-order valence-electron chi connectivity index (χ4n) is 2.00. The van der Waals surface area contributed by atoms with Crippen LogP contribution in [0.15, 0.2) is 4.79 Å². The molecule has 0 saturated carbocycles. The van der Waals surface area contributed by atoms with E-state index in [-0.39, 0.29) is 30.5 Å². The Bertz CT molecular complexity index is 586. The van der Waals surface area contributed by atoms with E-state index < -0.39 is 23.8 Å². The lowest BCUT2D eigenvalue weighted by Gasteiger charge is -2.31. The van der Waals surface area contributed by atoms with Gasteiger partial charge in [-0.05, 0) is 6.92 Å². The molecule has 6 N–H and O–H groups in total. The molecule has 0 spiro atoms. The molecular weight excluding hydrogens is 278 g/mol. The molecule has 9 heteroatoms. The molecule has 1 aliphatic rings. The van der Waals surface area contributed by atoms with Crippen molar-refractivity contribution in [2.45, 2.75) is 38.5 Å². The van der Waals surface area contributed by atoms with Gasteiger partial charge < -0.3 is 20.8 Å². The number of rotatable bonds is 4. The van der Waals surface area contributed by atoms with E-state index in [0.717, 1.165) is 0 Å². The zero-order valence-corrected chi connectivity index (χ0v) is 11.8. The molecule has 1 aromatic rings. The largest absolute Gasteiger partial charge is 0.391 e. The number of nitrogens with zero attached hydrogens (tertiary/aromatic N) is 1. The number of carbonyl (C=O) groups excluding carboxylic acids is 1. The van der Waals surface area contributed by atoms with E-state index in [0.29, 0.717) is 5.82 Å². The highest BCUT2D eigenvalue weighted by Crippen LogP contribution is 2.22. The third kappa shape index (κ3) is 3.31. The highest BCUT2D eigenvalue weighted by molar-refractivity contribution is 5.89. The van der Waals surface area contributed by atoms with Crippen molar-refractivity contribution in [1.82, 2.24) is 9.97 Å². The second-order valence-corrected chi connectivity index (χ2v) is 4.90. The van der Waals surface area contributed by atoms with Gasteiger partial charge in [-0.2, -0.15) is 4.98 Å². The van der Waals surface area contributed by atoms with Gasteiger partial charge in [-0.1, -0.05) is 6.92 Å². The Morgan fingerprint density at radius 1 is 1.52 bits per heavy atom. The Hall–Kier alpha value is -2.13. The number of aliphatic hydroxyl groups is 2. The third-order valence-corrected chi connectivity index (χ3v) is 3.22. The summed E-state index contributed by atoms with van der Waals surface area (Å²) >= 11 is 0. The zero-order valence-electron chi connectivity index (χ0n) is 11.8. The molecule has 0 aromatic carbocycles. The minimum Gasteiger partial charge on any atom is -0.391 e. The van der Waals surface area contributed by atoms with Crippen LogP contribution in [0, 0.1) is 0 Å². The van der Waals surface area contributed by atoms with Gasteiger partial charge in [0.25, 0.3) is 5.56 Å². The molecule has 0 aliphatic carbocycles. The summed E-state index contributed by atoms with van der Waals surface area (Å²) in [6, 6.07) is -0.517. The number of fused-ring (bicyclic) bond motifs is 1. The molecule has 0 fully saturated rings. The SMILES string of the molecule is CCC(=O)Nc1nc2c(c(=O)[nH]1)NC(C(O)C(C)O)CN2. The number of H-pyrrole nitrogens is 1. The van der Waals surface area contributed by atoms with Gasteiger partial charge in [0, 0.05) is 13.0 Å². The van der Waals surface area contributed by atoms with Crippen LogP contribution in [-0.2, 0) is 4.79 Å². The maximum Gasteiger partial charge on any atom is 0.277 e. The van der Waals surface area contributed by atoms with Gasteiger partial charge in [-0.15, -0.1) is 0 Å². The Kier molecular flexibility index (Phi) is 4.43. The minimum atomic E-state index is -1.02. The van der Waals surface area contributed by atoms with E-state index in [9.17, 15) is 19.8 Å². The van der Waals surface area contributed by atoms with E-state index in [1.54, 1.807) is 6.92 Å². The van der Waals surface area contributed by atoms with Gasteiger partial charge in [-0.3, -0.25) is 19.9 Å². The Balaban J connectivity index is 2.22. The Labute approximate surface area is 120 Å². The number of aromatic amines is 1. The first kappa shape index (κ1) is 15.3. The average Bonchev–Trinajstić information content (AvgIpc) is 2.46. The van der Waals surface area contributed by atoms with Crippen molar-refractivity contribution in [2.24, 2.45) is 0 Å². The summed E-state index contributed by atoms with van der Waals surface area (Å²) in [5.41, 5.74) is -0.304. The van der Waals surface area contributed by atoms with Crippen LogP contribution in [0.2, 0.25) is 0 Å². The predicted octanol–water partition coefficient (Wildman–Crippen LogP) is -0.934. The number of nitrogens with one attached hydrogen (secondary N) is 4. The van der Waals surface area contributed by atoms with Gasteiger partial charge in [0.05, 0.1) is 12.1 Å². The number of hydrogen-bond acceptors (Lipinski definition) is 7. The van der Waals surface area contributed by atoms with Crippen LogP contribution in [0.4, 0.5) is 17.5 Å². The summed E-state index contributed by atoms with van der Waals surface area (Å²) in [4.78, 5) is 29.8. The fourth-order valence-corrected chi connectivity index (χ4v) is 2.00. The number of carbonyl (C=O) groups is 1. The van der Waals surface area contributed by atoms with Gasteiger partial charge in [0.15, 0.2) is 5.82 Å². The molecule has 0 radical (unpaired) electrons. The summed E-state index contributed by atoms with van der Waals surface area (Å²) in [7, 11) is 0. The summed E-state index contributed by atoms with van der Waals surface area (Å²) in [6.07, 6.45) is -1.68. The monoisotopic (exact) mass is 297 g/mol. The topological polar surface area (TPSA) is 139 Å². The molecule has 1 amide bonds. The molecule has 116 valence electrons. The van der Waals surface area contributed by atoms with Crippen molar-refractivity contribution in [3.8, 4) is 0 Å². The maximum absolute atomic E-state index is 12.0. The van der Waals surface area contributed by atoms with Crippen LogP contribution < -0.4 is 21.5 Å². The van der Waals surface area contributed by atoms with Gasteiger partial charge >= 0.3 is 0 Å². The standard InChI is InChI=1S/C12H19N5O4/c1-3-7(19)15-12-16-10-8(11(21)17-12)14-6(4-13-10)9(20)5(2)18/h5-6,9,14,18,20H,3-4H2,1-2H3,(H3,13,15,16,17,19,21). The van der Waals surface area contributed by atoms with Crippen LogP contribution in [0.1, 0.15) is 20.3 Å². The Morgan fingerprint density at radius 3 is 2.86 bits per heavy atom. The molecule has 3 unspecified atom stereocenters. The molecule has 21 heavy (non-hydrogen) atoms. The van der Waals surface area contributed by atoms with Crippen LogP contribution in [0.25, 0.3) is 0 Å². The van der Waals surface area contributed by atoms with E-state index in [2.05, 4.69) is 25.9 Å². The molecule has 0 saturated heterocycles. The number of aromatic nitrogens is 2. The predicted molar refractivity (Wildman–Crippen MR) is 77.4 cm³/mol. The highest BCUT2D eigenvalue weighted by Gasteiger charge is 2.29. The first-order valence-corrected chi connectivity index (χ1v) is 6.73. The van der Waals surface area contributed by atoms with Crippen molar-refractivity contribution in [3.63, 3.8) is 0 Å². The number of amides is 1. The van der Waals surface area contributed by atoms with Crippen molar-refractivity contribution < 1.29 is 15.0 Å². The highest BCUT2D eigenvalue weighted by atomic mass is 16.3. The van der Waals surface area contributed by atoms with Crippen molar-refractivity contribution in [3.05, 3.63) is 10.4 Å². The third-order valence-electron chi connectivity index (χ3n) is 3.22. The van der Waals surface area contributed by atoms with Gasteiger partial charge in [-0.25, -0.2) is 0 Å². The summed E-state index contributed by atoms with van der Waals surface area (Å²) in [5, 5.41) is 27.5. The summed E-state index contributed by atoms with van der Waals surface area (Å²) in [6.45, 7) is 3.44. The lowest BCUT2D eigenvalue weighted by molar-refractivity contribution is -0.115. The van der Waals surface area contributed by atoms with Crippen LogP contribution >= 0.6 is 0 Å². The van der Waals surface area contributed by atoms with Crippen molar-refractivity contribution in [1.29, 1.82) is 0 Å². The number of aliphatic hydroxyl groups excluding tert-OH is 2. The summed E-state index contributed by atoms with van der Waals surface area (Å²) in [5.74, 6) is 0.0953. The number of anilines is 3. The van der Waals surface area contributed by atoms with Crippen molar-refractivity contribution >= 4 is 23.4 Å². The first-order valence-electron chi connectivity index (χ1n) is 6.73. The van der Waals surface area contributed by atoms with Gasteiger partial charge in [0.2, 0.25) is 11.9 Å². The zero-order chi connectivity index (χ0) is 15.6. The van der Waals surface area contributed by atoms with E-state index in [4.69, 9.17) is 0 Å². The second kappa shape index (κ2) is 6.10. The molecule has 2 heterocycles. The number of hydrogen-bond donors (Lipinski definition) is 6. The quantitative estimate of drug-likeness (QED) is 0.422. The van der Waals surface area contributed by atoms with E-state index in [1.165, 1.54) is 6.92 Å². The molecular formula is C12H19N5O4. The van der Waals surface area contributed by atoms with E-state index >= 15 is 0 Å². The fraction of sp³-hybridized carbons (Fsp3) is 0.583. The summed E-state index contributed by atoms with van der Waals surface area (Å²) < 4.78 is 0. The van der Waals surface area contributed by atoms with Crippen LogP contribution in [-0.4, -0.2) is 50.9 Å². The average molecular weight is 297 g/mol. The van der Waals surface area contributed by atoms with Crippen molar-refractivity contribution in [2.75, 3.05) is 22.5 Å². The molecule has 0 bridgehead atoms. The normalized spacial score (nSPS) is 19.7.